The van der Waals surface area contributed by atoms with Crippen molar-refractivity contribution in [2.24, 2.45) is 5.73 Å². The molecule has 0 spiro atoms. The van der Waals surface area contributed by atoms with Gasteiger partial charge in [0, 0.05) is 13.2 Å². The first kappa shape index (κ1) is 13.8. The number of methoxy groups -OCH3 is 1. The Morgan fingerprint density at radius 3 is 2.43 bits per heavy atom. The lowest BCUT2D eigenvalue weighted by Gasteiger charge is -2.32. The average Bonchev–Trinajstić information content (AvgIpc) is 2.18. The Morgan fingerprint density at radius 1 is 1.43 bits per heavy atom. The first-order chi connectivity index (χ1) is 6.71. The van der Waals surface area contributed by atoms with E-state index < -0.39 is 0 Å². The fraction of sp³-hybridized carbons (Fsp3) is 1.00. The smallest absolute Gasteiger partial charge is 0.0629 e. The van der Waals surface area contributed by atoms with Crippen molar-refractivity contribution in [3.05, 3.63) is 0 Å². The number of likely N-dealkylation sites (N-methyl/N-ethyl adjacent to an activating group) is 1. The predicted octanol–water partition coefficient (Wildman–Crippen LogP) is 0.0529. The summed E-state index contributed by atoms with van der Waals surface area (Å²) >= 11 is 0. The van der Waals surface area contributed by atoms with E-state index in [0.717, 1.165) is 19.5 Å². The van der Waals surface area contributed by atoms with E-state index in [-0.39, 0.29) is 18.7 Å². The molecule has 14 heavy (non-hydrogen) atoms. The topological polar surface area (TPSA) is 58.7 Å². The molecule has 2 atom stereocenters. The first-order valence-electron chi connectivity index (χ1n) is 5.30. The van der Waals surface area contributed by atoms with Gasteiger partial charge in [-0.2, -0.15) is 0 Å². The molecule has 2 unspecified atom stereocenters. The highest BCUT2D eigenvalue weighted by Gasteiger charge is 2.22. The second kappa shape index (κ2) is 8.17. The Balaban J connectivity index is 4.18. The Hall–Kier alpha value is -0.160. The van der Waals surface area contributed by atoms with Crippen molar-refractivity contribution in [1.82, 2.24) is 4.90 Å². The molecule has 0 amide bonds. The van der Waals surface area contributed by atoms with Crippen LogP contribution < -0.4 is 5.73 Å². The molecule has 0 bridgehead atoms. The monoisotopic (exact) mass is 204 g/mol. The molecule has 86 valence electrons. The maximum atomic E-state index is 9.27. The van der Waals surface area contributed by atoms with Crippen LogP contribution in [0.4, 0.5) is 0 Å². The van der Waals surface area contributed by atoms with Crippen LogP contribution in [0.15, 0.2) is 0 Å². The molecule has 0 aliphatic heterocycles. The molecule has 0 heterocycles. The highest BCUT2D eigenvalue weighted by molar-refractivity contribution is 4.80. The van der Waals surface area contributed by atoms with Crippen molar-refractivity contribution in [2.45, 2.75) is 32.4 Å². The van der Waals surface area contributed by atoms with Gasteiger partial charge in [0.1, 0.15) is 0 Å². The van der Waals surface area contributed by atoms with Crippen LogP contribution in [0.1, 0.15) is 20.3 Å². The van der Waals surface area contributed by atoms with Crippen LogP contribution in [0.5, 0.6) is 0 Å². The number of rotatable bonds is 8. The summed E-state index contributed by atoms with van der Waals surface area (Å²) in [5, 5.41) is 9.27. The third kappa shape index (κ3) is 4.37. The molecule has 0 saturated heterocycles. The Morgan fingerprint density at radius 2 is 2.07 bits per heavy atom. The van der Waals surface area contributed by atoms with Gasteiger partial charge in [-0.3, -0.25) is 4.90 Å². The van der Waals surface area contributed by atoms with E-state index in [0.29, 0.717) is 6.61 Å². The fourth-order valence-corrected chi connectivity index (χ4v) is 1.67. The second-order valence-corrected chi connectivity index (χ2v) is 3.50. The van der Waals surface area contributed by atoms with Crippen LogP contribution >= 0.6 is 0 Å². The minimum atomic E-state index is -0.114. The molecule has 3 N–H and O–H groups in total. The van der Waals surface area contributed by atoms with Gasteiger partial charge < -0.3 is 15.6 Å². The molecule has 0 aromatic heterocycles. The lowest BCUT2D eigenvalue weighted by Crippen LogP contribution is -2.52. The first-order valence-corrected chi connectivity index (χ1v) is 5.30. The highest BCUT2D eigenvalue weighted by atomic mass is 16.5. The minimum absolute atomic E-state index is 0.0138. The number of nitrogens with zero attached hydrogens (tertiary/aromatic N) is 1. The van der Waals surface area contributed by atoms with Gasteiger partial charge in [0.2, 0.25) is 0 Å². The summed E-state index contributed by atoms with van der Waals surface area (Å²) in [7, 11) is 1.63. The summed E-state index contributed by atoms with van der Waals surface area (Å²) < 4.78 is 5.00. The molecule has 0 aliphatic rings. The summed E-state index contributed by atoms with van der Waals surface area (Å²) in [5.74, 6) is 0. The molecule has 4 heteroatoms. The average molecular weight is 204 g/mol. The van der Waals surface area contributed by atoms with Gasteiger partial charge in [0.25, 0.3) is 0 Å². The summed E-state index contributed by atoms with van der Waals surface area (Å²) in [4.78, 5) is 2.20. The molecule has 0 aromatic carbocycles. The Labute approximate surface area is 87.0 Å². The standard InChI is InChI=1S/C10H24N2O2/c1-4-6-12(5-2)10(7-13)9(11)8-14-3/h9-10,13H,4-8,11H2,1-3H3. The van der Waals surface area contributed by atoms with Crippen molar-refractivity contribution >= 4 is 0 Å². The molecule has 0 fully saturated rings. The van der Waals surface area contributed by atoms with E-state index in [4.69, 9.17) is 10.5 Å². The van der Waals surface area contributed by atoms with Crippen molar-refractivity contribution in [3.63, 3.8) is 0 Å². The number of ether oxygens (including phenoxy) is 1. The van der Waals surface area contributed by atoms with Gasteiger partial charge in [0.05, 0.1) is 19.3 Å². The third-order valence-corrected chi connectivity index (χ3v) is 2.43. The quantitative estimate of drug-likeness (QED) is 0.587. The van der Waals surface area contributed by atoms with Crippen molar-refractivity contribution in [3.8, 4) is 0 Å². The van der Waals surface area contributed by atoms with Crippen LogP contribution in [0.2, 0.25) is 0 Å². The molecule has 4 nitrogen and oxygen atoms in total. The third-order valence-electron chi connectivity index (χ3n) is 2.43. The van der Waals surface area contributed by atoms with Gasteiger partial charge >= 0.3 is 0 Å². The predicted molar refractivity (Wildman–Crippen MR) is 58.3 cm³/mol. The van der Waals surface area contributed by atoms with E-state index in [1.807, 2.05) is 0 Å². The molecule has 0 rings (SSSR count). The number of aliphatic hydroxyl groups excluding tert-OH is 1. The SMILES string of the molecule is CCCN(CC)C(CO)C(N)COC. The molecule has 0 aromatic rings. The summed E-state index contributed by atoms with van der Waals surface area (Å²) in [6.45, 7) is 6.68. The molecular weight excluding hydrogens is 180 g/mol. The second-order valence-electron chi connectivity index (χ2n) is 3.50. The van der Waals surface area contributed by atoms with Crippen LogP contribution in [0.3, 0.4) is 0 Å². The molecule has 0 aliphatic carbocycles. The van der Waals surface area contributed by atoms with Crippen molar-refractivity contribution in [1.29, 1.82) is 0 Å². The van der Waals surface area contributed by atoms with E-state index in [9.17, 15) is 5.11 Å². The normalized spacial score (nSPS) is 15.9. The van der Waals surface area contributed by atoms with E-state index >= 15 is 0 Å². The maximum absolute atomic E-state index is 9.27. The lowest BCUT2D eigenvalue weighted by atomic mass is 10.1. The minimum Gasteiger partial charge on any atom is -0.395 e. The van der Waals surface area contributed by atoms with Gasteiger partial charge in [-0.05, 0) is 19.5 Å². The number of aliphatic hydroxyl groups is 1. The van der Waals surface area contributed by atoms with Gasteiger partial charge in [-0.1, -0.05) is 13.8 Å². The van der Waals surface area contributed by atoms with E-state index in [1.54, 1.807) is 7.11 Å². The maximum Gasteiger partial charge on any atom is 0.0629 e. The molecule has 0 saturated carbocycles. The zero-order chi connectivity index (χ0) is 11.0. The van der Waals surface area contributed by atoms with Crippen LogP contribution in [0, 0.1) is 0 Å². The van der Waals surface area contributed by atoms with Crippen molar-refractivity contribution < 1.29 is 9.84 Å². The van der Waals surface area contributed by atoms with Gasteiger partial charge in [-0.15, -0.1) is 0 Å². The number of hydrogen-bond donors (Lipinski definition) is 2. The van der Waals surface area contributed by atoms with Crippen LogP contribution in [0.25, 0.3) is 0 Å². The zero-order valence-electron chi connectivity index (χ0n) is 9.57. The summed E-state index contributed by atoms with van der Waals surface area (Å²) in [6, 6.07) is -0.101. The van der Waals surface area contributed by atoms with Crippen LogP contribution in [-0.4, -0.2) is 55.5 Å². The van der Waals surface area contributed by atoms with Gasteiger partial charge in [-0.25, -0.2) is 0 Å². The number of nitrogens with two attached hydrogens (primary N) is 1. The fourth-order valence-electron chi connectivity index (χ4n) is 1.67. The van der Waals surface area contributed by atoms with Gasteiger partial charge in [0.15, 0.2) is 0 Å². The summed E-state index contributed by atoms with van der Waals surface area (Å²) in [6.07, 6.45) is 1.07. The molecule has 0 radical (unpaired) electrons. The Kier molecular flexibility index (Phi) is 8.08. The molecular formula is C10H24N2O2. The van der Waals surface area contributed by atoms with Crippen molar-refractivity contribution in [2.75, 3.05) is 33.4 Å². The largest absolute Gasteiger partial charge is 0.395 e. The number of hydrogen-bond acceptors (Lipinski definition) is 4. The zero-order valence-corrected chi connectivity index (χ0v) is 9.57. The van der Waals surface area contributed by atoms with Crippen LogP contribution in [-0.2, 0) is 4.74 Å². The van der Waals surface area contributed by atoms with E-state index in [1.165, 1.54) is 0 Å². The highest BCUT2D eigenvalue weighted by Crippen LogP contribution is 2.04. The van der Waals surface area contributed by atoms with E-state index in [2.05, 4.69) is 18.7 Å². The summed E-state index contributed by atoms with van der Waals surface area (Å²) in [5.41, 5.74) is 5.92. The Bertz CT molecular complexity index is 133. The lowest BCUT2D eigenvalue weighted by molar-refractivity contribution is 0.0735.